The molecule has 0 bridgehead atoms. The normalized spacial score (nSPS) is 12.3. The fraction of sp³-hybridized carbons (Fsp3) is 0.444. The number of hydrogen-bond donors (Lipinski definition) is 0. The second-order valence-corrected chi connectivity index (χ2v) is 10.8. The second kappa shape index (κ2) is 17.9. The van der Waals surface area contributed by atoms with E-state index >= 15 is 0 Å². The molecule has 0 saturated carbocycles. The highest BCUT2D eigenvalue weighted by atomic mass is 16.6. The molecule has 0 aliphatic carbocycles. The van der Waals surface area contributed by atoms with E-state index < -0.39 is 11.9 Å². The predicted octanol–water partition coefficient (Wildman–Crippen LogP) is 9.60. The van der Waals surface area contributed by atoms with Crippen molar-refractivity contribution >= 4 is 11.9 Å². The molecule has 0 amide bonds. The van der Waals surface area contributed by atoms with Crippen molar-refractivity contribution in [2.45, 2.75) is 104 Å². The van der Waals surface area contributed by atoms with Crippen LogP contribution in [-0.4, -0.2) is 24.1 Å². The van der Waals surface area contributed by atoms with E-state index in [-0.39, 0.29) is 23.3 Å². The lowest BCUT2D eigenvalue weighted by atomic mass is 10.1. The van der Waals surface area contributed by atoms with Crippen LogP contribution in [0.4, 0.5) is 0 Å². The minimum atomic E-state index is -0.667. The summed E-state index contributed by atoms with van der Waals surface area (Å²) in [4.78, 5) is 26.6. The molecule has 0 radical (unpaired) electrons. The van der Waals surface area contributed by atoms with E-state index in [1.165, 1.54) is 38.5 Å². The average Bonchev–Trinajstić information content (AvgIpc) is 2.99. The molecule has 2 atom stereocenters. The first-order valence-electron chi connectivity index (χ1n) is 15.5. The van der Waals surface area contributed by atoms with Crippen molar-refractivity contribution in [2.24, 2.45) is 0 Å². The Kier molecular flexibility index (Phi) is 13.9. The van der Waals surface area contributed by atoms with Gasteiger partial charge < -0.3 is 18.9 Å². The third kappa shape index (κ3) is 10.6. The van der Waals surface area contributed by atoms with Crippen molar-refractivity contribution in [3.63, 3.8) is 0 Å². The first kappa shape index (κ1) is 32.7. The van der Waals surface area contributed by atoms with Crippen LogP contribution in [-0.2, 0) is 0 Å². The average molecular weight is 575 g/mol. The van der Waals surface area contributed by atoms with E-state index in [1.54, 1.807) is 60.7 Å². The molecule has 6 nitrogen and oxygen atoms in total. The van der Waals surface area contributed by atoms with Crippen LogP contribution in [0.3, 0.4) is 0 Å². The van der Waals surface area contributed by atoms with Crippen molar-refractivity contribution in [2.75, 3.05) is 0 Å². The Morgan fingerprint density at radius 1 is 0.524 bits per heavy atom. The number of benzene rings is 3. The highest BCUT2D eigenvalue weighted by molar-refractivity contribution is 6.04. The van der Waals surface area contributed by atoms with Gasteiger partial charge in [-0.25, -0.2) is 9.59 Å². The van der Waals surface area contributed by atoms with E-state index in [2.05, 4.69) is 13.8 Å². The number of carbonyl (C=O) groups excluding carboxylic acids is 2. The van der Waals surface area contributed by atoms with Gasteiger partial charge in [-0.05, 0) is 75.9 Å². The van der Waals surface area contributed by atoms with Crippen LogP contribution in [0.2, 0.25) is 0 Å². The zero-order valence-corrected chi connectivity index (χ0v) is 25.6. The molecular weight excluding hydrogens is 528 g/mol. The van der Waals surface area contributed by atoms with Gasteiger partial charge in [-0.15, -0.1) is 0 Å². The van der Waals surface area contributed by atoms with Gasteiger partial charge in [0.05, 0.1) is 23.3 Å². The molecule has 3 rings (SSSR count). The van der Waals surface area contributed by atoms with Crippen molar-refractivity contribution < 1.29 is 28.5 Å². The van der Waals surface area contributed by atoms with Crippen LogP contribution in [0.25, 0.3) is 0 Å². The number of unbranched alkanes of at least 4 members (excludes halogenated alkanes) is 6. The van der Waals surface area contributed by atoms with Crippen LogP contribution in [0, 0.1) is 0 Å². The predicted molar refractivity (Wildman–Crippen MR) is 167 cm³/mol. The van der Waals surface area contributed by atoms with Gasteiger partial charge in [0, 0.05) is 0 Å². The summed E-state index contributed by atoms with van der Waals surface area (Å²) < 4.78 is 23.7. The Labute approximate surface area is 251 Å². The van der Waals surface area contributed by atoms with E-state index in [9.17, 15) is 9.59 Å². The smallest absolute Gasteiger partial charge is 0.344 e. The van der Waals surface area contributed by atoms with Gasteiger partial charge >= 0.3 is 11.9 Å². The van der Waals surface area contributed by atoms with Crippen molar-refractivity contribution in [1.29, 1.82) is 0 Å². The molecule has 0 aliphatic heterocycles. The molecule has 226 valence electrons. The van der Waals surface area contributed by atoms with E-state index in [0.29, 0.717) is 23.0 Å². The molecule has 0 aliphatic rings. The molecule has 0 aromatic heterocycles. The van der Waals surface area contributed by atoms with Crippen molar-refractivity contribution in [3.8, 4) is 23.0 Å². The number of hydrogen-bond acceptors (Lipinski definition) is 6. The molecule has 0 heterocycles. The minimum Gasteiger partial charge on any atom is -0.487 e. The van der Waals surface area contributed by atoms with Gasteiger partial charge in [-0.2, -0.15) is 0 Å². The minimum absolute atomic E-state index is 0.0229. The monoisotopic (exact) mass is 574 g/mol. The fourth-order valence-electron chi connectivity index (χ4n) is 4.68. The number of rotatable bonds is 18. The topological polar surface area (TPSA) is 71.1 Å². The molecule has 0 N–H and O–H groups in total. The van der Waals surface area contributed by atoms with Crippen LogP contribution < -0.4 is 18.9 Å². The number of esters is 2. The maximum absolute atomic E-state index is 13.3. The van der Waals surface area contributed by atoms with Crippen molar-refractivity contribution in [3.05, 3.63) is 83.9 Å². The molecule has 42 heavy (non-hydrogen) atoms. The maximum atomic E-state index is 13.3. The summed E-state index contributed by atoms with van der Waals surface area (Å²) in [5.74, 6) is 0.252. The van der Waals surface area contributed by atoms with Gasteiger partial charge in [0.25, 0.3) is 0 Å². The lowest BCUT2D eigenvalue weighted by Gasteiger charge is -2.18. The molecular formula is C36H46O6. The first-order chi connectivity index (χ1) is 20.4. The zero-order valence-electron chi connectivity index (χ0n) is 25.6. The van der Waals surface area contributed by atoms with E-state index in [4.69, 9.17) is 18.9 Å². The highest BCUT2D eigenvalue weighted by Crippen LogP contribution is 2.31. The van der Waals surface area contributed by atoms with Gasteiger partial charge in [0.2, 0.25) is 0 Å². The van der Waals surface area contributed by atoms with Gasteiger partial charge in [0.1, 0.15) is 0 Å². The Morgan fingerprint density at radius 3 is 1.26 bits per heavy atom. The molecule has 2 unspecified atom stereocenters. The molecule has 3 aromatic carbocycles. The molecule has 0 fully saturated rings. The first-order valence-corrected chi connectivity index (χ1v) is 15.5. The lowest BCUT2D eigenvalue weighted by Crippen LogP contribution is -2.19. The maximum Gasteiger partial charge on any atom is 0.344 e. The Morgan fingerprint density at radius 2 is 0.881 bits per heavy atom. The van der Waals surface area contributed by atoms with E-state index in [0.717, 1.165) is 25.7 Å². The van der Waals surface area contributed by atoms with Gasteiger partial charge in [-0.3, -0.25) is 0 Å². The summed E-state index contributed by atoms with van der Waals surface area (Å²) in [7, 11) is 0. The third-order valence-electron chi connectivity index (χ3n) is 7.06. The molecule has 6 heteroatoms. The molecule has 3 aromatic rings. The third-order valence-corrected chi connectivity index (χ3v) is 7.06. The summed E-state index contributed by atoms with van der Waals surface area (Å²) in [6.45, 7) is 8.41. The second-order valence-electron chi connectivity index (χ2n) is 10.8. The molecule has 0 spiro atoms. The van der Waals surface area contributed by atoms with Gasteiger partial charge in [-0.1, -0.05) is 88.8 Å². The molecule has 0 saturated heterocycles. The standard InChI is InChI=1S/C36H46O6/c1-5-7-9-11-19-27(3)39-31-23-15-17-25-33(31)41-35(37)29-21-13-14-22-30(29)36(38)42-34-26-18-16-24-32(34)40-28(4)20-12-10-8-6-2/h13-18,21-28H,5-12,19-20H2,1-4H3. The summed E-state index contributed by atoms with van der Waals surface area (Å²) in [5, 5.41) is 0. The Balaban J connectivity index is 1.69. The largest absolute Gasteiger partial charge is 0.487 e. The Hall–Kier alpha value is -3.80. The number of ether oxygens (including phenoxy) is 4. The van der Waals surface area contributed by atoms with Gasteiger partial charge in [0.15, 0.2) is 23.0 Å². The summed E-state index contributed by atoms with van der Waals surface area (Å²) >= 11 is 0. The van der Waals surface area contributed by atoms with Crippen LogP contribution >= 0.6 is 0 Å². The van der Waals surface area contributed by atoms with Crippen LogP contribution in [0.1, 0.15) is 113 Å². The number of para-hydroxylation sites is 4. The van der Waals surface area contributed by atoms with Crippen molar-refractivity contribution in [1.82, 2.24) is 0 Å². The van der Waals surface area contributed by atoms with Crippen LogP contribution in [0.15, 0.2) is 72.8 Å². The quantitative estimate of drug-likeness (QED) is 0.0856. The SMILES string of the molecule is CCCCCCC(C)Oc1ccccc1OC(=O)c1ccccc1C(=O)Oc1ccccc1OC(C)CCCCCC. The summed E-state index contributed by atoms with van der Waals surface area (Å²) in [5.41, 5.74) is 0.209. The lowest BCUT2D eigenvalue weighted by molar-refractivity contribution is 0.0681. The zero-order chi connectivity index (χ0) is 30.2. The van der Waals surface area contributed by atoms with Crippen LogP contribution in [0.5, 0.6) is 23.0 Å². The summed E-state index contributed by atoms with van der Waals surface area (Å²) in [6, 6.07) is 20.7. The fourth-order valence-corrected chi connectivity index (χ4v) is 4.68. The summed E-state index contributed by atoms with van der Waals surface area (Å²) in [6.07, 6.45) is 11.1. The van der Waals surface area contributed by atoms with E-state index in [1.807, 2.05) is 26.0 Å². The highest BCUT2D eigenvalue weighted by Gasteiger charge is 2.23. The Bertz CT molecular complexity index is 1160. The number of carbonyl (C=O) groups is 2.